The molecule has 1 aliphatic heterocycles. The zero-order chi connectivity index (χ0) is 25.0. The van der Waals surface area contributed by atoms with Gasteiger partial charge in [-0.15, -0.1) is 0 Å². The van der Waals surface area contributed by atoms with Crippen LogP contribution in [0.15, 0.2) is 54.6 Å². The van der Waals surface area contributed by atoms with Gasteiger partial charge in [0.05, 0.1) is 0 Å². The monoisotopic (exact) mass is 478 g/mol. The van der Waals surface area contributed by atoms with Crippen LogP contribution in [0.2, 0.25) is 0 Å². The quantitative estimate of drug-likeness (QED) is 0.532. The number of hydrogen-bond acceptors (Lipinski definition) is 4. The lowest BCUT2D eigenvalue weighted by molar-refractivity contribution is -0.150. The zero-order valence-electron chi connectivity index (χ0n) is 20.9. The minimum atomic E-state index is -0.934. The first kappa shape index (κ1) is 25.2. The molecule has 1 saturated heterocycles. The molecule has 1 saturated carbocycles. The Morgan fingerprint density at radius 2 is 1.89 bits per heavy atom. The molecule has 35 heavy (non-hydrogen) atoms. The van der Waals surface area contributed by atoms with E-state index in [1.54, 1.807) is 11.0 Å². The summed E-state index contributed by atoms with van der Waals surface area (Å²) in [5.74, 6) is 0.0869. The van der Waals surface area contributed by atoms with Crippen LogP contribution in [0.3, 0.4) is 0 Å². The zero-order valence-corrected chi connectivity index (χ0v) is 20.9. The van der Waals surface area contributed by atoms with E-state index in [0.717, 1.165) is 43.5 Å². The Kier molecular flexibility index (Phi) is 7.80. The number of amides is 1. The standard InChI is InChI=1S/C29H38N2O4/c1-21-19-30(16-14-29(21,2)24-9-6-10-25(32)18-24)15-13-27(33)31(20-23-11-12-23)26(28(34)35)17-22-7-4-3-5-8-22/h3-10,18,21,23,26,32H,11-17,19-20H2,1-2H3,(H,34,35)/t21-,26-,29+/m0/s1. The summed E-state index contributed by atoms with van der Waals surface area (Å²) in [6.45, 7) is 7.41. The summed E-state index contributed by atoms with van der Waals surface area (Å²) < 4.78 is 0. The van der Waals surface area contributed by atoms with Crippen LogP contribution in [0, 0.1) is 11.8 Å². The summed E-state index contributed by atoms with van der Waals surface area (Å²) in [6, 6.07) is 16.3. The number of rotatable bonds is 10. The molecule has 2 fully saturated rings. The molecule has 0 radical (unpaired) electrons. The van der Waals surface area contributed by atoms with E-state index < -0.39 is 12.0 Å². The molecule has 0 bridgehead atoms. The Bertz CT molecular complexity index is 1020. The Hall–Kier alpha value is -2.86. The third-order valence-electron chi connectivity index (χ3n) is 8.12. The van der Waals surface area contributed by atoms with Crippen molar-refractivity contribution in [2.45, 2.75) is 57.4 Å². The Morgan fingerprint density at radius 1 is 1.14 bits per heavy atom. The molecule has 0 aromatic heterocycles. The number of carboxylic acid groups (broad SMARTS) is 1. The number of piperidine rings is 1. The molecule has 0 unspecified atom stereocenters. The van der Waals surface area contributed by atoms with Gasteiger partial charge in [-0.1, -0.05) is 56.3 Å². The summed E-state index contributed by atoms with van der Waals surface area (Å²) in [5, 5.41) is 19.9. The predicted molar refractivity (Wildman–Crippen MR) is 136 cm³/mol. The van der Waals surface area contributed by atoms with Gasteiger partial charge in [-0.05, 0) is 66.3 Å². The minimum Gasteiger partial charge on any atom is -0.508 e. The van der Waals surface area contributed by atoms with Crippen molar-refractivity contribution in [1.82, 2.24) is 9.80 Å². The van der Waals surface area contributed by atoms with Gasteiger partial charge >= 0.3 is 5.97 Å². The summed E-state index contributed by atoms with van der Waals surface area (Å²) in [7, 11) is 0. The van der Waals surface area contributed by atoms with E-state index >= 15 is 0 Å². The smallest absolute Gasteiger partial charge is 0.326 e. The maximum absolute atomic E-state index is 13.4. The number of carbonyl (C=O) groups excluding carboxylic acids is 1. The van der Waals surface area contributed by atoms with E-state index in [4.69, 9.17) is 0 Å². The highest BCUT2D eigenvalue weighted by molar-refractivity contribution is 5.84. The van der Waals surface area contributed by atoms with Crippen LogP contribution in [-0.4, -0.2) is 64.1 Å². The Labute approximate surface area is 208 Å². The van der Waals surface area contributed by atoms with Gasteiger partial charge in [0.2, 0.25) is 5.91 Å². The van der Waals surface area contributed by atoms with Gasteiger partial charge in [-0.2, -0.15) is 0 Å². The summed E-state index contributed by atoms with van der Waals surface area (Å²) in [4.78, 5) is 29.5. The van der Waals surface area contributed by atoms with Crippen molar-refractivity contribution < 1.29 is 19.8 Å². The van der Waals surface area contributed by atoms with Crippen LogP contribution in [0.1, 0.15) is 50.7 Å². The first-order chi connectivity index (χ1) is 16.8. The maximum atomic E-state index is 13.4. The Morgan fingerprint density at radius 3 is 2.51 bits per heavy atom. The highest BCUT2D eigenvalue weighted by atomic mass is 16.4. The van der Waals surface area contributed by atoms with Gasteiger partial charge in [0.1, 0.15) is 11.8 Å². The molecular weight excluding hydrogens is 440 g/mol. The third-order valence-corrected chi connectivity index (χ3v) is 8.12. The number of benzene rings is 2. The molecule has 188 valence electrons. The molecule has 3 atom stereocenters. The minimum absolute atomic E-state index is 0.0264. The molecule has 0 spiro atoms. The maximum Gasteiger partial charge on any atom is 0.326 e. The van der Waals surface area contributed by atoms with E-state index in [-0.39, 0.29) is 11.3 Å². The number of aromatic hydroxyl groups is 1. The molecular formula is C29H38N2O4. The third kappa shape index (κ3) is 6.23. The van der Waals surface area contributed by atoms with Crippen LogP contribution in [0.25, 0.3) is 0 Å². The normalized spacial score (nSPS) is 23.5. The molecule has 2 aliphatic rings. The Balaban J connectivity index is 1.38. The van der Waals surface area contributed by atoms with Crippen LogP contribution >= 0.6 is 0 Å². The van der Waals surface area contributed by atoms with Crippen molar-refractivity contribution in [3.8, 4) is 5.75 Å². The number of likely N-dealkylation sites (tertiary alicyclic amines) is 1. The van der Waals surface area contributed by atoms with Crippen LogP contribution in [-0.2, 0) is 21.4 Å². The van der Waals surface area contributed by atoms with Crippen molar-refractivity contribution in [2.75, 3.05) is 26.2 Å². The predicted octanol–water partition coefficient (Wildman–Crippen LogP) is 4.32. The lowest BCUT2D eigenvalue weighted by atomic mass is 9.68. The van der Waals surface area contributed by atoms with Gasteiger partial charge in [-0.25, -0.2) is 4.79 Å². The lowest BCUT2D eigenvalue weighted by Crippen LogP contribution is -2.50. The lowest BCUT2D eigenvalue weighted by Gasteiger charge is -2.45. The molecule has 2 aromatic carbocycles. The summed E-state index contributed by atoms with van der Waals surface area (Å²) >= 11 is 0. The van der Waals surface area contributed by atoms with Gasteiger partial charge in [-0.3, -0.25) is 4.79 Å². The summed E-state index contributed by atoms with van der Waals surface area (Å²) in [5.41, 5.74) is 2.06. The number of nitrogens with zero attached hydrogens (tertiary/aromatic N) is 2. The number of phenolic OH excluding ortho intramolecular Hbond substituents is 1. The van der Waals surface area contributed by atoms with Gasteiger partial charge in [0.25, 0.3) is 0 Å². The second-order valence-corrected chi connectivity index (χ2v) is 10.7. The number of carboxylic acids is 1. The van der Waals surface area contributed by atoms with Crippen LogP contribution in [0.4, 0.5) is 0 Å². The first-order valence-corrected chi connectivity index (χ1v) is 12.8. The molecule has 2 N–H and O–H groups in total. The molecule has 4 rings (SSSR count). The van der Waals surface area contributed by atoms with Gasteiger partial charge < -0.3 is 20.0 Å². The number of carbonyl (C=O) groups is 2. The number of aliphatic carboxylic acids is 1. The largest absolute Gasteiger partial charge is 0.508 e. The molecule has 1 amide bonds. The van der Waals surface area contributed by atoms with Crippen LogP contribution < -0.4 is 0 Å². The highest BCUT2D eigenvalue weighted by Crippen LogP contribution is 2.40. The van der Waals surface area contributed by atoms with Gasteiger partial charge in [0, 0.05) is 32.5 Å². The highest BCUT2D eigenvalue weighted by Gasteiger charge is 2.39. The van der Waals surface area contributed by atoms with E-state index in [2.05, 4.69) is 24.8 Å². The van der Waals surface area contributed by atoms with E-state index in [1.165, 1.54) is 0 Å². The second kappa shape index (κ2) is 10.8. The first-order valence-electron chi connectivity index (χ1n) is 12.8. The van der Waals surface area contributed by atoms with Gasteiger partial charge in [0.15, 0.2) is 0 Å². The average molecular weight is 479 g/mol. The SMILES string of the molecule is C[C@H]1CN(CCC(=O)N(CC2CC2)[C@@H](Cc2ccccc2)C(=O)O)CC[C@@]1(C)c1cccc(O)c1. The number of phenols is 1. The van der Waals surface area contributed by atoms with E-state index in [1.807, 2.05) is 42.5 Å². The fourth-order valence-corrected chi connectivity index (χ4v) is 5.36. The van der Waals surface area contributed by atoms with E-state index in [9.17, 15) is 19.8 Å². The molecule has 2 aromatic rings. The fraction of sp³-hybridized carbons (Fsp3) is 0.517. The van der Waals surface area contributed by atoms with Crippen LogP contribution in [0.5, 0.6) is 5.75 Å². The molecule has 6 heteroatoms. The van der Waals surface area contributed by atoms with Crippen molar-refractivity contribution in [2.24, 2.45) is 11.8 Å². The molecule has 6 nitrogen and oxygen atoms in total. The molecule has 1 aliphatic carbocycles. The second-order valence-electron chi connectivity index (χ2n) is 10.7. The van der Waals surface area contributed by atoms with Crippen molar-refractivity contribution >= 4 is 11.9 Å². The fourth-order valence-electron chi connectivity index (χ4n) is 5.36. The number of hydrogen-bond donors (Lipinski definition) is 2. The molecule has 1 heterocycles. The summed E-state index contributed by atoms with van der Waals surface area (Å²) in [6.07, 6.45) is 3.75. The van der Waals surface area contributed by atoms with Crippen molar-refractivity contribution in [3.63, 3.8) is 0 Å². The topological polar surface area (TPSA) is 81.1 Å². The van der Waals surface area contributed by atoms with Crippen molar-refractivity contribution in [3.05, 3.63) is 65.7 Å². The van der Waals surface area contributed by atoms with Crippen molar-refractivity contribution in [1.29, 1.82) is 0 Å². The van der Waals surface area contributed by atoms with E-state index in [0.29, 0.717) is 43.5 Å². The average Bonchev–Trinajstić information content (AvgIpc) is 3.66.